The topological polar surface area (TPSA) is 79.2 Å². The number of hydrogen-bond acceptors (Lipinski definition) is 4. The molecular formula is C18H14N2O3. The first kappa shape index (κ1) is 16.0. The molecule has 0 atom stereocenters. The van der Waals surface area contributed by atoms with Crippen LogP contribution in [0.4, 0.5) is 5.69 Å². The summed E-state index contributed by atoms with van der Waals surface area (Å²) in [5.74, 6) is -0.689. The van der Waals surface area contributed by atoms with Gasteiger partial charge in [-0.25, -0.2) is 4.79 Å². The number of rotatable bonds is 4. The molecule has 0 bridgehead atoms. The van der Waals surface area contributed by atoms with Crippen molar-refractivity contribution in [2.24, 2.45) is 0 Å². The molecule has 0 heterocycles. The number of ether oxygens (including phenoxy) is 1. The summed E-state index contributed by atoms with van der Waals surface area (Å²) in [7, 11) is 1.32. The molecule has 23 heavy (non-hydrogen) atoms. The minimum absolute atomic E-state index is 0.285. The maximum Gasteiger partial charge on any atom is 0.337 e. The highest BCUT2D eigenvalue weighted by Crippen LogP contribution is 2.10. The highest BCUT2D eigenvalue weighted by Gasteiger charge is 2.03. The fraction of sp³-hybridized carbons (Fsp3) is 0.0556. The van der Waals surface area contributed by atoms with E-state index in [2.05, 4.69) is 10.1 Å². The van der Waals surface area contributed by atoms with E-state index in [0.29, 0.717) is 16.8 Å². The first-order chi connectivity index (χ1) is 11.1. The third kappa shape index (κ3) is 4.55. The number of methoxy groups -OCH3 is 1. The van der Waals surface area contributed by atoms with Crippen LogP contribution >= 0.6 is 0 Å². The molecule has 5 heteroatoms. The zero-order valence-corrected chi connectivity index (χ0v) is 12.4. The van der Waals surface area contributed by atoms with Gasteiger partial charge in [0, 0.05) is 11.8 Å². The Morgan fingerprint density at radius 1 is 1.09 bits per heavy atom. The molecule has 114 valence electrons. The van der Waals surface area contributed by atoms with Gasteiger partial charge in [0.25, 0.3) is 0 Å². The number of esters is 1. The van der Waals surface area contributed by atoms with Crippen molar-refractivity contribution in [1.29, 1.82) is 5.26 Å². The molecule has 2 aromatic carbocycles. The number of hydrogen-bond donors (Lipinski definition) is 1. The number of anilines is 1. The van der Waals surface area contributed by atoms with Gasteiger partial charge < -0.3 is 10.1 Å². The van der Waals surface area contributed by atoms with E-state index in [-0.39, 0.29) is 5.91 Å². The average molecular weight is 306 g/mol. The summed E-state index contributed by atoms with van der Waals surface area (Å²) in [5.41, 5.74) is 2.38. The molecule has 0 saturated heterocycles. The molecule has 0 aromatic heterocycles. The molecule has 5 nitrogen and oxygen atoms in total. The second-order valence-corrected chi connectivity index (χ2v) is 4.63. The van der Waals surface area contributed by atoms with Gasteiger partial charge in [0.15, 0.2) is 0 Å². The van der Waals surface area contributed by atoms with Crippen LogP contribution in [0.5, 0.6) is 0 Å². The van der Waals surface area contributed by atoms with Crippen LogP contribution in [-0.4, -0.2) is 19.0 Å². The summed E-state index contributed by atoms with van der Waals surface area (Å²) in [6, 6.07) is 15.3. The highest BCUT2D eigenvalue weighted by atomic mass is 16.5. The molecule has 1 N–H and O–H groups in total. The van der Waals surface area contributed by atoms with Crippen LogP contribution in [0, 0.1) is 11.3 Å². The molecule has 0 aliphatic carbocycles. The lowest BCUT2D eigenvalue weighted by Crippen LogP contribution is -2.07. The number of nitriles is 1. The number of amides is 1. The van der Waals surface area contributed by atoms with Gasteiger partial charge in [0.2, 0.25) is 5.91 Å². The van der Waals surface area contributed by atoms with Crippen molar-refractivity contribution in [1.82, 2.24) is 0 Å². The highest BCUT2D eigenvalue weighted by molar-refractivity contribution is 6.02. The molecule has 0 saturated carbocycles. The van der Waals surface area contributed by atoms with Gasteiger partial charge in [0.05, 0.1) is 24.3 Å². The SMILES string of the molecule is COC(=O)c1ccc(C=CC(=O)Nc2ccc(C#N)cc2)cc1. The van der Waals surface area contributed by atoms with Gasteiger partial charge in [-0.15, -0.1) is 0 Å². The van der Waals surface area contributed by atoms with E-state index in [1.54, 1.807) is 54.6 Å². The Bertz CT molecular complexity index is 769. The minimum Gasteiger partial charge on any atom is -0.465 e. The Kier molecular flexibility index (Phi) is 5.26. The minimum atomic E-state index is -0.404. The normalized spacial score (nSPS) is 10.1. The number of nitrogens with one attached hydrogen (secondary N) is 1. The molecule has 0 aliphatic rings. The molecule has 1 amide bonds. The summed E-state index contributed by atoms with van der Waals surface area (Å²) in [6.07, 6.45) is 3.03. The van der Waals surface area contributed by atoms with E-state index in [1.807, 2.05) is 6.07 Å². The summed E-state index contributed by atoms with van der Waals surface area (Å²) in [4.78, 5) is 23.1. The van der Waals surface area contributed by atoms with Crippen molar-refractivity contribution >= 4 is 23.6 Å². The van der Waals surface area contributed by atoms with E-state index in [0.717, 1.165) is 5.56 Å². The van der Waals surface area contributed by atoms with Crippen molar-refractivity contribution in [3.63, 3.8) is 0 Å². The van der Waals surface area contributed by atoms with Gasteiger partial charge in [-0.3, -0.25) is 4.79 Å². The summed E-state index contributed by atoms with van der Waals surface area (Å²) < 4.78 is 4.62. The maximum absolute atomic E-state index is 11.8. The zero-order valence-electron chi connectivity index (χ0n) is 12.4. The zero-order chi connectivity index (χ0) is 16.7. The van der Waals surface area contributed by atoms with E-state index >= 15 is 0 Å². The predicted molar refractivity (Wildman–Crippen MR) is 86.6 cm³/mol. The molecule has 2 rings (SSSR count). The van der Waals surface area contributed by atoms with Gasteiger partial charge in [-0.1, -0.05) is 12.1 Å². The summed E-state index contributed by atoms with van der Waals surface area (Å²) in [5, 5.41) is 11.4. The maximum atomic E-state index is 11.8. The van der Waals surface area contributed by atoms with Crippen molar-refractivity contribution in [2.45, 2.75) is 0 Å². The summed E-state index contributed by atoms with van der Waals surface area (Å²) in [6.45, 7) is 0. The van der Waals surface area contributed by atoms with Crippen LogP contribution < -0.4 is 5.32 Å². The average Bonchev–Trinajstić information content (AvgIpc) is 2.60. The Hall–Kier alpha value is -3.39. The fourth-order valence-electron chi connectivity index (χ4n) is 1.83. The standard InChI is InChI=1S/C18H14N2O3/c1-23-18(22)15-7-2-13(3-8-15)6-11-17(21)20-16-9-4-14(12-19)5-10-16/h2-11H,1H3,(H,20,21). The smallest absolute Gasteiger partial charge is 0.337 e. The van der Waals surface area contributed by atoms with Crippen molar-refractivity contribution in [3.8, 4) is 6.07 Å². The third-order valence-corrected chi connectivity index (χ3v) is 3.04. The van der Waals surface area contributed by atoms with Crippen LogP contribution in [0.2, 0.25) is 0 Å². The lowest BCUT2D eigenvalue weighted by atomic mass is 10.1. The lowest BCUT2D eigenvalue weighted by Gasteiger charge is -2.02. The molecule has 0 unspecified atom stereocenters. The van der Waals surface area contributed by atoms with Gasteiger partial charge in [0.1, 0.15) is 0 Å². The van der Waals surface area contributed by atoms with Gasteiger partial charge in [-0.2, -0.15) is 5.26 Å². The second-order valence-electron chi connectivity index (χ2n) is 4.63. The molecule has 0 aliphatic heterocycles. The van der Waals surface area contributed by atoms with E-state index < -0.39 is 5.97 Å². The number of carbonyl (C=O) groups excluding carboxylic acids is 2. The van der Waals surface area contributed by atoms with Crippen LogP contribution in [0.25, 0.3) is 6.08 Å². The molecule has 2 aromatic rings. The van der Waals surface area contributed by atoms with Gasteiger partial charge >= 0.3 is 5.97 Å². The van der Waals surface area contributed by atoms with E-state index in [9.17, 15) is 9.59 Å². The molecule has 0 fully saturated rings. The Labute approximate surface area is 133 Å². The lowest BCUT2D eigenvalue weighted by molar-refractivity contribution is -0.111. The van der Waals surface area contributed by atoms with Crippen LogP contribution in [0.15, 0.2) is 54.6 Å². The van der Waals surface area contributed by atoms with Crippen LogP contribution in [-0.2, 0) is 9.53 Å². The van der Waals surface area contributed by atoms with E-state index in [1.165, 1.54) is 13.2 Å². The quantitative estimate of drug-likeness (QED) is 0.695. The predicted octanol–water partition coefficient (Wildman–Crippen LogP) is 3.00. The monoisotopic (exact) mass is 306 g/mol. The van der Waals surface area contributed by atoms with E-state index in [4.69, 9.17) is 5.26 Å². The molecular weight excluding hydrogens is 292 g/mol. The van der Waals surface area contributed by atoms with Gasteiger partial charge in [-0.05, 0) is 48.0 Å². The van der Waals surface area contributed by atoms with Crippen molar-refractivity contribution in [2.75, 3.05) is 12.4 Å². The Morgan fingerprint density at radius 2 is 1.74 bits per heavy atom. The number of nitrogens with zero attached hydrogens (tertiary/aromatic N) is 1. The first-order valence-electron chi connectivity index (χ1n) is 6.80. The third-order valence-electron chi connectivity index (χ3n) is 3.04. The summed E-state index contributed by atoms with van der Waals surface area (Å²) >= 11 is 0. The largest absolute Gasteiger partial charge is 0.465 e. The first-order valence-corrected chi connectivity index (χ1v) is 6.80. The molecule has 0 spiro atoms. The van der Waals surface area contributed by atoms with Crippen LogP contribution in [0.1, 0.15) is 21.5 Å². The molecule has 0 radical (unpaired) electrons. The Morgan fingerprint density at radius 3 is 2.30 bits per heavy atom. The Balaban J connectivity index is 1.97. The number of benzene rings is 2. The van der Waals surface area contributed by atoms with Crippen molar-refractivity contribution in [3.05, 3.63) is 71.3 Å². The fourth-order valence-corrected chi connectivity index (χ4v) is 1.83. The number of carbonyl (C=O) groups is 2. The second kappa shape index (κ2) is 7.57. The van der Waals surface area contributed by atoms with Crippen molar-refractivity contribution < 1.29 is 14.3 Å². The van der Waals surface area contributed by atoms with Crippen LogP contribution in [0.3, 0.4) is 0 Å².